The maximum atomic E-state index is 14.6. The van der Waals surface area contributed by atoms with Gasteiger partial charge in [-0.05, 0) is 60.5 Å². The van der Waals surface area contributed by atoms with Crippen molar-refractivity contribution in [2.45, 2.75) is 37.2 Å². The molecular formula is C35H36Cl3N3O6S. The zero-order chi connectivity index (χ0) is 34.8. The predicted octanol–water partition coefficient (Wildman–Crippen LogP) is 7.03. The van der Waals surface area contributed by atoms with E-state index in [0.717, 1.165) is 9.87 Å². The number of nitrogens with one attached hydrogen (secondary N) is 1. The summed E-state index contributed by atoms with van der Waals surface area (Å²) in [7, 11) is -1.58. The van der Waals surface area contributed by atoms with Gasteiger partial charge in [0.05, 0.1) is 24.8 Å². The Labute approximate surface area is 296 Å². The van der Waals surface area contributed by atoms with E-state index in [0.29, 0.717) is 39.3 Å². The van der Waals surface area contributed by atoms with Gasteiger partial charge in [0, 0.05) is 46.2 Å². The molecule has 0 bridgehead atoms. The van der Waals surface area contributed by atoms with Crippen molar-refractivity contribution in [3.8, 4) is 11.5 Å². The van der Waals surface area contributed by atoms with Crippen molar-refractivity contribution in [1.82, 2.24) is 10.2 Å². The number of carbonyl (C=O) groups is 2. The van der Waals surface area contributed by atoms with Crippen LogP contribution in [0, 0.1) is 0 Å². The SMILES string of the molecule is CCCNC(=O)[C@@H](Cc1ccccc1)N(Cc1c(Cl)cccc1Cl)C(=O)CN(c1ccc(Cl)cc1)S(=O)(=O)c1ccc(OC)c(OC)c1. The Bertz CT molecular complexity index is 1810. The third kappa shape index (κ3) is 8.93. The van der Waals surface area contributed by atoms with Gasteiger partial charge in [0.25, 0.3) is 10.0 Å². The molecule has 0 aliphatic carbocycles. The highest BCUT2D eigenvalue weighted by molar-refractivity contribution is 7.92. The first-order chi connectivity index (χ1) is 23.0. The monoisotopic (exact) mass is 731 g/mol. The Balaban J connectivity index is 1.85. The summed E-state index contributed by atoms with van der Waals surface area (Å²) in [4.78, 5) is 29.6. The molecule has 1 atom stereocenters. The van der Waals surface area contributed by atoms with Crippen LogP contribution in [0.4, 0.5) is 5.69 Å². The molecule has 0 heterocycles. The highest BCUT2D eigenvalue weighted by Gasteiger charge is 2.35. The molecule has 4 rings (SSSR count). The number of carbonyl (C=O) groups excluding carboxylic acids is 2. The van der Waals surface area contributed by atoms with Gasteiger partial charge in [-0.3, -0.25) is 13.9 Å². The summed E-state index contributed by atoms with van der Waals surface area (Å²) in [6, 6.07) is 23.3. The summed E-state index contributed by atoms with van der Waals surface area (Å²) in [6.07, 6.45) is 0.815. The Morgan fingerprint density at radius 3 is 2.08 bits per heavy atom. The van der Waals surface area contributed by atoms with Crippen LogP contribution in [0.15, 0.2) is 95.9 Å². The number of amides is 2. The molecule has 13 heteroatoms. The molecule has 0 unspecified atom stereocenters. The van der Waals surface area contributed by atoms with Gasteiger partial charge >= 0.3 is 0 Å². The second kappa shape index (κ2) is 16.9. The molecule has 0 radical (unpaired) electrons. The van der Waals surface area contributed by atoms with Gasteiger partial charge < -0.3 is 19.7 Å². The lowest BCUT2D eigenvalue weighted by molar-refractivity contribution is -0.140. The minimum atomic E-state index is -4.41. The molecule has 4 aromatic carbocycles. The third-order valence-corrected chi connectivity index (χ3v) is 10.3. The van der Waals surface area contributed by atoms with Crippen LogP contribution in [0.3, 0.4) is 0 Å². The number of sulfonamides is 1. The predicted molar refractivity (Wildman–Crippen MR) is 190 cm³/mol. The van der Waals surface area contributed by atoms with E-state index in [1.165, 1.54) is 61.6 Å². The summed E-state index contributed by atoms with van der Waals surface area (Å²) in [5, 5.41) is 3.86. The van der Waals surface area contributed by atoms with Crippen LogP contribution < -0.4 is 19.1 Å². The number of anilines is 1. The largest absolute Gasteiger partial charge is 0.493 e. The second-order valence-corrected chi connectivity index (χ2v) is 13.8. The molecule has 48 heavy (non-hydrogen) atoms. The van der Waals surface area contributed by atoms with E-state index in [-0.39, 0.29) is 29.3 Å². The quantitative estimate of drug-likeness (QED) is 0.141. The van der Waals surface area contributed by atoms with Crippen molar-refractivity contribution < 1.29 is 27.5 Å². The van der Waals surface area contributed by atoms with E-state index in [1.807, 2.05) is 37.3 Å². The lowest BCUT2D eigenvalue weighted by Gasteiger charge is -2.34. The minimum Gasteiger partial charge on any atom is -0.493 e. The van der Waals surface area contributed by atoms with E-state index in [4.69, 9.17) is 44.3 Å². The molecule has 0 spiro atoms. The average Bonchev–Trinajstić information content (AvgIpc) is 3.09. The van der Waals surface area contributed by atoms with Gasteiger partial charge in [-0.1, -0.05) is 78.1 Å². The Kier molecular flexibility index (Phi) is 13.0. The normalized spacial score (nSPS) is 11.8. The van der Waals surface area contributed by atoms with Gasteiger partial charge in [-0.2, -0.15) is 0 Å². The van der Waals surface area contributed by atoms with Crippen LogP contribution in [0.5, 0.6) is 11.5 Å². The van der Waals surface area contributed by atoms with Gasteiger partial charge in [0.2, 0.25) is 11.8 Å². The van der Waals surface area contributed by atoms with E-state index in [9.17, 15) is 18.0 Å². The van der Waals surface area contributed by atoms with Gasteiger partial charge in [-0.25, -0.2) is 8.42 Å². The van der Waals surface area contributed by atoms with Crippen molar-refractivity contribution >= 4 is 62.3 Å². The summed E-state index contributed by atoms with van der Waals surface area (Å²) in [6.45, 7) is 1.46. The number of benzene rings is 4. The number of halogens is 3. The van der Waals surface area contributed by atoms with E-state index in [1.54, 1.807) is 18.2 Å². The molecular weight excluding hydrogens is 697 g/mol. The minimum absolute atomic E-state index is 0.146. The lowest BCUT2D eigenvalue weighted by Crippen LogP contribution is -2.53. The first-order valence-corrected chi connectivity index (χ1v) is 17.6. The van der Waals surface area contributed by atoms with Crippen molar-refractivity contribution in [2.75, 3.05) is 31.6 Å². The van der Waals surface area contributed by atoms with Crippen LogP contribution in [0.25, 0.3) is 0 Å². The molecule has 0 aromatic heterocycles. The number of rotatable bonds is 15. The first kappa shape index (κ1) is 36.9. The topological polar surface area (TPSA) is 105 Å². The van der Waals surface area contributed by atoms with Gasteiger partial charge in [0.1, 0.15) is 12.6 Å². The molecule has 2 amide bonds. The van der Waals surface area contributed by atoms with Crippen LogP contribution in [0.1, 0.15) is 24.5 Å². The maximum absolute atomic E-state index is 14.6. The van der Waals surface area contributed by atoms with Crippen LogP contribution in [0.2, 0.25) is 15.1 Å². The fourth-order valence-corrected chi connectivity index (χ4v) is 7.09. The molecule has 0 aliphatic heterocycles. The molecule has 0 saturated carbocycles. The summed E-state index contributed by atoms with van der Waals surface area (Å²) >= 11 is 19.3. The maximum Gasteiger partial charge on any atom is 0.264 e. The van der Waals surface area contributed by atoms with Crippen molar-refractivity contribution in [3.05, 3.63) is 117 Å². The summed E-state index contributed by atoms with van der Waals surface area (Å²) < 4.78 is 40.3. The van der Waals surface area contributed by atoms with E-state index >= 15 is 0 Å². The molecule has 4 aromatic rings. The molecule has 1 N–H and O–H groups in total. The molecule has 254 valence electrons. The molecule has 0 aliphatic rings. The van der Waals surface area contributed by atoms with Gasteiger partial charge in [-0.15, -0.1) is 0 Å². The van der Waals surface area contributed by atoms with Gasteiger partial charge in [0.15, 0.2) is 11.5 Å². The van der Waals surface area contributed by atoms with Crippen LogP contribution in [-0.4, -0.2) is 58.5 Å². The summed E-state index contributed by atoms with van der Waals surface area (Å²) in [5.74, 6) is -0.558. The second-order valence-electron chi connectivity index (χ2n) is 10.7. The zero-order valence-corrected chi connectivity index (χ0v) is 29.7. The molecule has 0 saturated heterocycles. The van der Waals surface area contributed by atoms with Crippen LogP contribution in [-0.2, 0) is 32.6 Å². The highest BCUT2D eigenvalue weighted by Crippen LogP contribution is 2.33. The zero-order valence-electron chi connectivity index (χ0n) is 26.7. The van der Waals surface area contributed by atoms with E-state index < -0.39 is 34.4 Å². The number of hydrogen-bond donors (Lipinski definition) is 1. The number of nitrogens with zero attached hydrogens (tertiary/aromatic N) is 2. The fraction of sp³-hybridized carbons (Fsp3) is 0.257. The van der Waals surface area contributed by atoms with E-state index in [2.05, 4.69) is 5.32 Å². The fourth-order valence-electron chi connectivity index (χ4n) is 5.01. The van der Waals surface area contributed by atoms with Crippen LogP contribution >= 0.6 is 34.8 Å². The average molecular weight is 733 g/mol. The molecule has 9 nitrogen and oxygen atoms in total. The number of methoxy groups -OCH3 is 2. The standard InChI is InChI=1S/C35H36Cl3N3O6S/c1-4-19-39-35(43)31(20-24-9-6-5-7-10-24)40(22-28-29(37)11-8-12-30(28)38)34(42)23-41(26-15-13-25(36)14-16-26)48(44,45)27-17-18-32(46-2)33(21-27)47-3/h5-18,21,31H,4,19-20,22-23H2,1-3H3,(H,39,43)/t31-/m1/s1. The Morgan fingerprint density at radius 1 is 0.833 bits per heavy atom. The van der Waals surface area contributed by atoms with Crippen molar-refractivity contribution in [1.29, 1.82) is 0 Å². The summed E-state index contributed by atoms with van der Waals surface area (Å²) in [5.41, 5.74) is 1.38. The third-order valence-electron chi connectivity index (χ3n) is 7.55. The lowest BCUT2D eigenvalue weighted by atomic mass is 10.0. The number of hydrogen-bond acceptors (Lipinski definition) is 6. The van der Waals surface area contributed by atoms with Crippen molar-refractivity contribution in [3.63, 3.8) is 0 Å². The van der Waals surface area contributed by atoms with Crippen molar-refractivity contribution in [2.24, 2.45) is 0 Å². The first-order valence-electron chi connectivity index (χ1n) is 15.0. The highest BCUT2D eigenvalue weighted by atomic mass is 35.5. The Morgan fingerprint density at radius 2 is 1.48 bits per heavy atom. The smallest absolute Gasteiger partial charge is 0.264 e. The molecule has 0 fully saturated rings. The number of ether oxygens (including phenoxy) is 2. The Hall–Kier alpha value is -3.96.